The second-order valence-corrected chi connectivity index (χ2v) is 13.4. The summed E-state index contributed by atoms with van der Waals surface area (Å²) in [4.78, 5) is 0. The second kappa shape index (κ2) is 28.3. The van der Waals surface area contributed by atoms with Gasteiger partial charge in [-0.2, -0.15) is 12.6 Å². The van der Waals surface area contributed by atoms with Crippen molar-refractivity contribution >= 4 is 12.6 Å². The van der Waals surface area contributed by atoms with E-state index in [2.05, 4.69) is 26.5 Å². The van der Waals surface area contributed by atoms with Crippen LogP contribution in [0.25, 0.3) is 0 Å². The fraction of sp³-hybridized carbons (Fsp3) is 1.00. The summed E-state index contributed by atoms with van der Waals surface area (Å²) in [6.45, 7) is 15.6. The Hall–Kier alpha value is 0.110. The first-order valence-electron chi connectivity index (χ1n) is 18.3. The highest BCUT2D eigenvalue weighted by Crippen LogP contribution is 2.67. The second-order valence-electron chi connectivity index (χ2n) is 13.0. The van der Waals surface area contributed by atoms with Crippen molar-refractivity contribution in [2.24, 2.45) is 51.9 Å². The van der Waals surface area contributed by atoms with Crippen molar-refractivity contribution in [3.05, 3.63) is 0 Å². The molecule has 0 saturated heterocycles. The van der Waals surface area contributed by atoms with Crippen LogP contribution in [0.5, 0.6) is 0 Å². The molecule has 8 N–H and O–H groups in total. The van der Waals surface area contributed by atoms with E-state index in [4.69, 9.17) is 31.9 Å². The lowest BCUT2D eigenvalue weighted by atomic mass is 9.45. The Kier molecular flexibility index (Phi) is 29.8. The zero-order valence-electron chi connectivity index (χ0n) is 29.5. The Morgan fingerprint density at radius 3 is 1.63 bits per heavy atom. The lowest BCUT2D eigenvalue weighted by Crippen LogP contribution is -2.52. The summed E-state index contributed by atoms with van der Waals surface area (Å²) >= 11 is 3.84. The number of aliphatic hydroxyl groups is 4. The minimum Gasteiger partial charge on any atom is -0.396 e. The van der Waals surface area contributed by atoms with Crippen molar-refractivity contribution < 1.29 is 20.4 Å². The molecule has 0 aliphatic heterocycles. The van der Waals surface area contributed by atoms with Crippen molar-refractivity contribution in [3.63, 3.8) is 0 Å². The normalized spacial score (nSPS) is 31.6. The van der Waals surface area contributed by atoms with Gasteiger partial charge < -0.3 is 31.9 Å². The molecule has 7 atom stereocenters. The number of aliphatic hydroxyl groups excluding tert-OH is 4. The quantitative estimate of drug-likeness (QED) is 0.100. The zero-order chi connectivity index (χ0) is 33.2. The average molecular weight is 635 g/mol. The summed E-state index contributed by atoms with van der Waals surface area (Å²) < 4.78 is 0. The van der Waals surface area contributed by atoms with Gasteiger partial charge in [0.25, 0.3) is 0 Å². The molecule has 0 bridgehead atoms. The number of unbranched alkanes of at least 4 members (excludes halogenated alkanes) is 1. The molecule has 4 saturated carbocycles. The first-order valence-corrected chi connectivity index (χ1v) is 18.9. The number of fused-ring (bicyclic) bond motifs is 5. The summed E-state index contributed by atoms with van der Waals surface area (Å²) in [6.07, 6.45) is 21.1. The van der Waals surface area contributed by atoms with Gasteiger partial charge in [-0.25, -0.2) is 0 Å². The van der Waals surface area contributed by atoms with E-state index < -0.39 is 0 Å². The van der Waals surface area contributed by atoms with Crippen LogP contribution >= 0.6 is 12.6 Å². The Morgan fingerprint density at radius 2 is 1.16 bits per heavy atom. The van der Waals surface area contributed by atoms with Gasteiger partial charge in [-0.3, -0.25) is 0 Å². The van der Waals surface area contributed by atoms with Gasteiger partial charge >= 0.3 is 0 Å². The van der Waals surface area contributed by atoms with E-state index in [0.717, 1.165) is 61.0 Å². The van der Waals surface area contributed by atoms with Crippen LogP contribution in [0.15, 0.2) is 0 Å². The van der Waals surface area contributed by atoms with Crippen LogP contribution in [-0.4, -0.2) is 65.7 Å². The fourth-order valence-electron chi connectivity index (χ4n) is 8.63. The molecular formula is C36H78N2O4S. The number of thiol groups is 1. The molecular weight excluding hydrogens is 556 g/mol. The van der Waals surface area contributed by atoms with Gasteiger partial charge in [0.15, 0.2) is 0 Å². The lowest BCUT2D eigenvalue weighted by Gasteiger charge is -2.60. The molecule has 0 radical (unpaired) electrons. The van der Waals surface area contributed by atoms with E-state index >= 15 is 0 Å². The summed E-state index contributed by atoms with van der Waals surface area (Å²) in [7, 11) is 0. The molecule has 262 valence electrons. The molecule has 4 aliphatic rings. The monoisotopic (exact) mass is 635 g/mol. The van der Waals surface area contributed by atoms with Crippen LogP contribution in [0.1, 0.15) is 144 Å². The molecule has 0 aromatic rings. The third kappa shape index (κ3) is 15.0. The SMILES string of the molecule is CC.CC.CC12CCCCC1CCC1C2CCC2(C)C(CCCCO)CCC12.NCCCO.NCCCO.OCCCS. The Labute approximate surface area is 274 Å². The zero-order valence-corrected chi connectivity index (χ0v) is 30.4. The van der Waals surface area contributed by atoms with Crippen LogP contribution < -0.4 is 11.5 Å². The van der Waals surface area contributed by atoms with E-state index in [0.29, 0.717) is 30.5 Å². The Bertz CT molecular complexity index is 581. The molecule has 6 nitrogen and oxygen atoms in total. The highest BCUT2D eigenvalue weighted by Gasteiger charge is 2.59. The molecule has 0 amide bonds. The number of hydrogen-bond donors (Lipinski definition) is 7. The highest BCUT2D eigenvalue weighted by atomic mass is 32.1. The molecule has 4 aliphatic carbocycles. The van der Waals surface area contributed by atoms with Gasteiger partial charge in [0, 0.05) is 26.4 Å². The van der Waals surface area contributed by atoms with Gasteiger partial charge in [-0.1, -0.05) is 60.8 Å². The largest absolute Gasteiger partial charge is 0.396 e. The summed E-state index contributed by atoms with van der Waals surface area (Å²) in [5, 5.41) is 33.1. The van der Waals surface area contributed by atoms with Crippen molar-refractivity contribution in [3.8, 4) is 0 Å². The van der Waals surface area contributed by atoms with E-state index in [1.54, 1.807) is 12.8 Å². The van der Waals surface area contributed by atoms with E-state index in [9.17, 15) is 0 Å². The van der Waals surface area contributed by atoms with E-state index in [1.165, 1.54) is 64.2 Å². The first kappa shape index (κ1) is 45.2. The predicted molar refractivity (Wildman–Crippen MR) is 191 cm³/mol. The molecule has 7 heteroatoms. The summed E-state index contributed by atoms with van der Waals surface area (Å²) in [5.41, 5.74) is 11.3. The maximum absolute atomic E-state index is 9.13. The molecule has 0 aromatic heterocycles. The van der Waals surface area contributed by atoms with E-state index in [1.807, 2.05) is 27.7 Å². The Morgan fingerprint density at radius 1 is 0.605 bits per heavy atom. The molecule has 0 spiro atoms. The molecule has 7 unspecified atom stereocenters. The number of hydrogen-bond acceptors (Lipinski definition) is 7. The summed E-state index contributed by atoms with van der Waals surface area (Å²) in [5.74, 6) is 5.91. The third-order valence-corrected chi connectivity index (χ3v) is 11.1. The maximum atomic E-state index is 9.13. The van der Waals surface area contributed by atoms with Gasteiger partial charge in [0.1, 0.15) is 0 Å². The fourth-order valence-corrected chi connectivity index (χ4v) is 8.78. The maximum Gasteiger partial charge on any atom is 0.0443 e. The molecule has 0 aromatic carbocycles. The van der Waals surface area contributed by atoms with Crippen molar-refractivity contribution in [2.45, 2.75) is 144 Å². The van der Waals surface area contributed by atoms with Crippen LogP contribution in [0.3, 0.4) is 0 Å². The minimum atomic E-state index is 0.219. The predicted octanol–water partition coefficient (Wildman–Crippen LogP) is 7.20. The van der Waals surface area contributed by atoms with Crippen molar-refractivity contribution in [1.29, 1.82) is 0 Å². The molecule has 4 fully saturated rings. The standard InChI is InChI=1S/C23H40O.2C3H9NO.C3H8OS.2C2H6/c1-22-14-5-3-7-17(22)9-11-19-20-12-10-18(8-4-6-16-24)23(20,2)15-13-21(19)22;3*4-2-1-3-5;2*1-2/h17-21,24H,3-16H2,1-2H3;2*5H,1-4H2;4-5H,1-3H2;2*1-2H3. The average Bonchev–Trinajstić information content (AvgIpc) is 3.37. The summed E-state index contributed by atoms with van der Waals surface area (Å²) in [6, 6.07) is 0. The van der Waals surface area contributed by atoms with E-state index in [-0.39, 0.29) is 19.8 Å². The minimum absolute atomic E-state index is 0.219. The van der Waals surface area contributed by atoms with Gasteiger partial charge in [-0.15, -0.1) is 0 Å². The van der Waals surface area contributed by atoms with Crippen LogP contribution in [0.4, 0.5) is 0 Å². The molecule has 43 heavy (non-hydrogen) atoms. The Balaban J connectivity index is 0. The molecule has 4 rings (SSSR count). The number of nitrogens with two attached hydrogens (primary N) is 2. The van der Waals surface area contributed by atoms with Gasteiger partial charge in [0.2, 0.25) is 0 Å². The van der Waals surface area contributed by atoms with Crippen molar-refractivity contribution in [1.82, 2.24) is 0 Å². The van der Waals surface area contributed by atoms with Crippen LogP contribution in [0.2, 0.25) is 0 Å². The van der Waals surface area contributed by atoms with Crippen LogP contribution in [-0.2, 0) is 0 Å². The third-order valence-electron chi connectivity index (χ3n) is 10.8. The van der Waals surface area contributed by atoms with Crippen LogP contribution in [0, 0.1) is 40.4 Å². The highest BCUT2D eigenvalue weighted by molar-refractivity contribution is 7.80. The lowest BCUT2D eigenvalue weighted by molar-refractivity contribution is -0.111. The van der Waals surface area contributed by atoms with Gasteiger partial charge in [0.05, 0.1) is 0 Å². The van der Waals surface area contributed by atoms with Crippen molar-refractivity contribution in [2.75, 3.05) is 45.3 Å². The van der Waals surface area contributed by atoms with Gasteiger partial charge in [-0.05, 0) is 143 Å². The topological polar surface area (TPSA) is 133 Å². The number of rotatable bonds is 10. The first-order chi connectivity index (χ1) is 20.8. The smallest absolute Gasteiger partial charge is 0.0443 e. The molecule has 0 heterocycles.